The highest BCUT2D eigenvalue weighted by Gasteiger charge is 2.20. The zero-order chi connectivity index (χ0) is 13.8. The first-order valence-electron chi connectivity index (χ1n) is 6.61. The van der Waals surface area contributed by atoms with E-state index < -0.39 is 0 Å². The molecule has 0 spiro atoms. The van der Waals surface area contributed by atoms with Crippen LogP contribution in [0.4, 0.5) is 4.39 Å². The SMILES string of the molecule is CNC(c1ccc(F)cc1C)C(C)c1ccccc1. The summed E-state index contributed by atoms with van der Waals surface area (Å²) in [6.07, 6.45) is 0. The maximum atomic E-state index is 13.2. The predicted octanol–water partition coefficient (Wildman–Crippen LogP) is 4.20. The molecule has 0 fully saturated rings. The van der Waals surface area contributed by atoms with Crippen LogP contribution >= 0.6 is 0 Å². The van der Waals surface area contributed by atoms with Gasteiger partial charge >= 0.3 is 0 Å². The summed E-state index contributed by atoms with van der Waals surface area (Å²) in [4.78, 5) is 0. The van der Waals surface area contributed by atoms with Gasteiger partial charge in [0.2, 0.25) is 0 Å². The van der Waals surface area contributed by atoms with Gasteiger partial charge in [-0.05, 0) is 42.8 Å². The van der Waals surface area contributed by atoms with Crippen LogP contribution in [0.15, 0.2) is 48.5 Å². The van der Waals surface area contributed by atoms with Crippen LogP contribution in [0.3, 0.4) is 0 Å². The van der Waals surface area contributed by atoms with Gasteiger partial charge < -0.3 is 5.32 Å². The van der Waals surface area contributed by atoms with Gasteiger partial charge in [0.15, 0.2) is 0 Å². The van der Waals surface area contributed by atoms with Crippen molar-refractivity contribution in [2.75, 3.05) is 7.05 Å². The summed E-state index contributed by atoms with van der Waals surface area (Å²) in [5.41, 5.74) is 3.42. The topological polar surface area (TPSA) is 12.0 Å². The second kappa shape index (κ2) is 5.98. The largest absolute Gasteiger partial charge is 0.312 e. The zero-order valence-electron chi connectivity index (χ0n) is 11.7. The summed E-state index contributed by atoms with van der Waals surface area (Å²) in [6.45, 7) is 4.15. The molecule has 2 unspecified atom stereocenters. The number of hydrogen-bond acceptors (Lipinski definition) is 1. The maximum Gasteiger partial charge on any atom is 0.123 e. The number of nitrogens with one attached hydrogen (secondary N) is 1. The molecule has 2 aromatic rings. The van der Waals surface area contributed by atoms with Gasteiger partial charge in [0, 0.05) is 12.0 Å². The van der Waals surface area contributed by atoms with E-state index in [4.69, 9.17) is 0 Å². The van der Waals surface area contributed by atoms with Crippen molar-refractivity contribution >= 4 is 0 Å². The minimum absolute atomic E-state index is 0.177. The van der Waals surface area contributed by atoms with Crippen molar-refractivity contribution in [3.8, 4) is 0 Å². The molecule has 0 saturated heterocycles. The van der Waals surface area contributed by atoms with Crippen LogP contribution in [-0.2, 0) is 0 Å². The van der Waals surface area contributed by atoms with Gasteiger partial charge in [-0.15, -0.1) is 0 Å². The molecular weight excluding hydrogens is 237 g/mol. The van der Waals surface area contributed by atoms with Crippen LogP contribution < -0.4 is 5.32 Å². The first-order valence-corrected chi connectivity index (χ1v) is 6.61. The molecule has 19 heavy (non-hydrogen) atoms. The van der Waals surface area contributed by atoms with Crippen LogP contribution in [0.25, 0.3) is 0 Å². The Morgan fingerprint density at radius 3 is 2.32 bits per heavy atom. The Morgan fingerprint density at radius 1 is 1.05 bits per heavy atom. The molecule has 0 amide bonds. The average molecular weight is 257 g/mol. The summed E-state index contributed by atoms with van der Waals surface area (Å²) in [6, 6.07) is 15.6. The molecular formula is C17H20FN. The van der Waals surface area contributed by atoms with Crippen LogP contribution in [0.5, 0.6) is 0 Å². The number of aryl methyl sites for hydroxylation is 1. The highest BCUT2D eigenvalue weighted by Crippen LogP contribution is 2.32. The van der Waals surface area contributed by atoms with Crippen molar-refractivity contribution in [2.24, 2.45) is 0 Å². The first kappa shape index (κ1) is 13.8. The summed E-state index contributed by atoms with van der Waals surface area (Å²) < 4.78 is 13.2. The molecule has 0 aromatic heterocycles. The van der Waals surface area contributed by atoms with Gasteiger partial charge in [-0.2, -0.15) is 0 Å². The third-order valence-corrected chi connectivity index (χ3v) is 3.70. The lowest BCUT2D eigenvalue weighted by Gasteiger charge is -2.26. The quantitative estimate of drug-likeness (QED) is 0.865. The monoisotopic (exact) mass is 257 g/mol. The summed E-state index contributed by atoms with van der Waals surface area (Å²) >= 11 is 0. The molecule has 0 radical (unpaired) electrons. The van der Waals surface area contributed by atoms with Crippen LogP contribution in [-0.4, -0.2) is 7.05 Å². The van der Waals surface area contributed by atoms with Crippen LogP contribution in [0.2, 0.25) is 0 Å². The van der Waals surface area contributed by atoms with Gasteiger partial charge in [-0.3, -0.25) is 0 Å². The number of likely N-dealkylation sites (N-methyl/N-ethyl adjacent to an activating group) is 1. The Labute approximate surface area is 114 Å². The fourth-order valence-electron chi connectivity index (χ4n) is 2.61. The van der Waals surface area contributed by atoms with E-state index in [1.54, 1.807) is 6.07 Å². The lowest BCUT2D eigenvalue weighted by molar-refractivity contribution is 0.504. The number of halogens is 1. The van der Waals surface area contributed by atoms with Gasteiger partial charge in [-0.25, -0.2) is 4.39 Å². The van der Waals surface area contributed by atoms with E-state index in [1.807, 2.05) is 26.1 Å². The highest BCUT2D eigenvalue weighted by atomic mass is 19.1. The number of rotatable bonds is 4. The Balaban J connectivity index is 2.34. The molecule has 100 valence electrons. The molecule has 1 N–H and O–H groups in total. The summed E-state index contributed by atoms with van der Waals surface area (Å²) in [7, 11) is 1.95. The standard InChI is InChI=1S/C17H20FN/c1-12-11-15(18)9-10-16(12)17(19-3)13(2)14-7-5-4-6-8-14/h4-11,13,17,19H,1-3H3. The lowest BCUT2D eigenvalue weighted by Crippen LogP contribution is -2.23. The van der Waals surface area contributed by atoms with Crippen molar-refractivity contribution in [3.05, 3.63) is 71.0 Å². The number of hydrogen-bond donors (Lipinski definition) is 1. The molecule has 0 aliphatic carbocycles. The fourth-order valence-corrected chi connectivity index (χ4v) is 2.61. The number of benzene rings is 2. The molecule has 2 heteroatoms. The van der Waals surface area contributed by atoms with Crippen LogP contribution in [0.1, 0.15) is 35.6 Å². The molecule has 0 aliphatic heterocycles. The molecule has 0 saturated carbocycles. The van der Waals surface area contributed by atoms with E-state index in [0.29, 0.717) is 5.92 Å². The average Bonchev–Trinajstić information content (AvgIpc) is 2.42. The summed E-state index contributed by atoms with van der Waals surface area (Å²) in [5, 5.41) is 3.35. The van der Waals surface area contributed by atoms with Crippen molar-refractivity contribution in [3.63, 3.8) is 0 Å². The molecule has 0 bridgehead atoms. The second-order valence-corrected chi connectivity index (χ2v) is 4.97. The minimum atomic E-state index is -0.177. The Morgan fingerprint density at radius 2 is 1.74 bits per heavy atom. The molecule has 2 aromatic carbocycles. The smallest absolute Gasteiger partial charge is 0.123 e. The normalized spacial score (nSPS) is 14.1. The Hall–Kier alpha value is -1.67. The Bertz CT molecular complexity index is 536. The van der Waals surface area contributed by atoms with Gasteiger partial charge in [0.25, 0.3) is 0 Å². The van der Waals surface area contributed by atoms with Crippen molar-refractivity contribution in [2.45, 2.75) is 25.8 Å². The third-order valence-electron chi connectivity index (χ3n) is 3.70. The predicted molar refractivity (Wildman–Crippen MR) is 77.8 cm³/mol. The first-order chi connectivity index (χ1) is 9.13. The minimum Gasteiger partial charge on any atom is -0.312 e. The Kier molecular flexibility index (Phi) is 4.33. The summed E-state index contributed by atoms with van der Waals surface area (Å²) in [5.74, 6) is 0.152. The van der Waals surface area contributed by atoms with E-state index >= 15 is 0 Å². The van der Waals surface area contributed by atoms with Gasteiger partial charge in [0.05, 0.1) is 0 Å². The molecule has 0 heterocycles. The van der Waals surface area contributed by atoms with Crippen LogP contribution in [0, 0.1) is 12.7 Å². The molecule has 1 nitrogen and oxygen atoms in total. The van der Waals surface area contributed by atoms with Gasteiger partial charge in [-0.1, -0.05) is 43.3 Å². The highest BCUT2D eigenvalue weighted by molar-refractivity contribution is 5.33. The third kappa shape index (κ3) is 3.02. The lowest BCUT2D eigenvalue weighted by atomic mass is 9.87. The maximum absolute atomic E-state index is 13.2. The zero-order valence-corrected chi connectivity index (χ0v) is 11.7. The van der Waals surface area contributed by atoms with Crippen molar-refractivity contribution < 1.29 is 4.39 Å². The molecule has 0 aliphatic rings. The second-order valence-electron chi connectivity index (χ2n) is 4.97. The van der Waals surface area contributed by atoms with Gasteiger partial charge in [0.1, 0.15) is 5.82 Å². The van der Waals surface area contributed by atoms with E-state index in [-0.39, 0.29) is 11.9 Å². The fraction of sp³-hybridized carbons (Fsp3) is 0.294. The molecule has 2 rings (SSSR count). The van der Waals surface area contributed by atoms with E-state index in [1.165, 1.54) is 11.6 Å². The van der Waals surface area contributed by atoms with Crippen molar-refractivity contribution in [1.29, 1.82) is 0 Å². The van der Waals surface area contributed by atoms with E-state index in [2.05, 4.69) is 36.5 Å². The van der Waals surface area contributed by atoms with E-state index in [9.17, 15) is 4.39 Å². The molecule has 2 atom stereocenters. The van der Waals surface area contributed by atoms with E-state index in [0.717, 1.165) is 11.1 Å². The van der Waals surface area contributed by atoms with Crippen molar-refractivity contribution in [1.82, 2.24) is 5.32 Å².